The highest BCUT2D eigenvalue weighted by Crippen LogP contribution is 2.26. The van der Waals surface area contributed by atoms with E-state index in [1.807, 2.05) is 11.0 Å². The van der Waals surface area contributed by atoms with Crippen molar-refractivity contribution in [2.45, 2.75) is 38.5 Å². The molecule has 0 unspecified atom stereocenters. The van der Waals surface area contributed by atoms with Crippen molar-refractivity contribution < 1.29 is 9.53 Å². The molecule has 1 fully saturated rings. The number of thiophene rings is 1. The molecule has 5 nitrogen and oxygen atoms in total. The molecule has 0 aromatic carbocycles. The molecule has 2 aliphatic rings. The topological polar surface area (TPSA) is 47.4 Å². The Hall–Kier alpha value is -1.66. The monoisotopic (exact) mass is 317 g/mol. The van der Waals surface area contributed by atoms with E-state index in [2.05, 4.69) is 22.2 Å². The van der Waals surface area contributed by atoms with Gasteiger partial charge in [-0.15, -0.1) is 11.3 Å². The number of nitrogens with zero attached hydrogens (tertiary/aromatic N) is 3. The summed E-state index contributed by atoms with van der Waals surface area (Å²) in [5, 5.41) is 6.77. The molecule has 2 aliphatic heterocycles. The first kappa shape index (κ1) is 14.0. The van der Waals surface area contributed by atoms with Gasteiger partial charge in [0.2, 0.25) is 0 Å². The van der Waals surface area contributed by atoms with Crippen LogP contribution in [-0.2, 0) is 22.6 Å². The van der Waals surface area contributed by atoms with Crippen LogP contribution in [0.4, 0.5) is 0 Å². The van der Waals surface area contributed by atoms with Crippen LogP contribution < -0.4 is 0 Å². The molecule has 0 spiro atoms. The van der Waals surface area contributed by atoms with Gasteiger partial charge < -0.3 is 9.64 Å². The van der Waals surface area contributed by atoms with Gasteiger partial charge in [-0.25, -0.2) is 0 Å². The smallest absolute Gasteiger partial charge is 0.252 e. The lowest BCUT2D eigenvalue weighted by molar-refractivity contribution is -0.141. The highest BCUT2D eigenvalue weighted by molar-refractivity contribution is 7.13. The fourth-order valence-corrected chi connectivity index (χ4v) is 3.85. The molecule has 4 rings (SSSR count). The highest BCUT2D eigenvalue weighted by Gasteiger charge is 2.30. The number of aryl methyl sites for hydroxylation is 1. The summed E-state index contributed by atoms with van der Waals surface area (Å²) in [6.07, 6.45) is 2.56. The van der Waals surface area contributed by atoms with Crippen LogP contribution in [0.2, 0.25) is 0 Å². The number of carbonyl (C=O) groups is 1. The molecule has 0 N–H and O–H groups in total. The summed E-state index contributed by atoms with van der Waals surface area (Å²) in [6.45, 7) is 3.01. The largest absolute Gasteiger partial charge is 0.368 e. The number of carbonyl (C=O) groups excluding carboxylic acids is 1. The Morgan fingerprint density at radius 3 is 3.09 bits per heavy atom. The average Bonchev–Trinajstić information content (AvgIpc) is 3.26. The van der Waals surface area contributed by atoms with Crippen LogP contribution in [0.25, 0.3) is 10.6 Å². The van der Waals surface area contributed by atoms with Crippen LogP contribution in [0.5, 0.6) is 0 Å². The third-order valence-electron chi connectivity index (χ3n) is 4.30. The van der Waals surface area contributed by atoms with Crippen molar-refractivity contribution >= 4 is 17.2 Å². The minimum absolute atomic E-state index is 0.143. The van der Waals surface area contributed by atoms with Crippen molar-refractivity contribution in [1.82, 2.24) is 14.7 Å². The van der Waals surface area contributed by atoms with Gasteiger partial charge in [-0.1, -0.05) is 6.07 Å². The fraction of sp³-hybridized carbons (Fsp3) is 0.500. The second-order valence-corrected chi connectivity index (χ2v) is 6.78. The van der Waals surface area contributed by atoms with Gasteiger partial charge >= 0.3 is 0 Å². The molecule has 0 bridgehead atoms. The Morgan fingerprint density at radius 2 is 2.32 bits per heavy atom. The number of ether oxygens (including phenoxy) is 1. The third kappa shape index (κ3) is 2.57. The Morgan fingerprint density at radius 1 is 1.36 bits per heavy atom. The second kappa shape index (κ2) is 5.85. The van der Waals surface area contributed by atoms with Crippen LogP contribution in [-0.4, -0.2) is 39.8 Å². The molecule has 22 heavy (non-hydrogen) atoms. The first-order chi connectivity index (χ1) is 10.8. The SMILES string of the molecule is O=C([C@@H]1CCCO1)N1CCCn2nc(-c3cccs3)cc2C1. The standard InChI is InChI=1S/C16H19N3O2S/c20-16(14-4-1-8-21-14)18-6-3-7-19-12(11-18)10-13(17-19)15-5-2-9-22-15/h2,5,9-10,14H,1,3-4,6-8,11H2/t14-/m0/s1. The second-order valence-electron chi connectivity index (χ2n) is 5.84. The first-order valence-electron chi connectivity index (χ1n) is 7.82. The molecule has 0 aliphatic carbocycles. The molecule has 4 heterocycles. The van der Waals surface area contributed by atoms with Gasteiger partial charge in [0.1, 0.15) is 11.8 Å². The summed E-state index contributed by atoms with van der Waals surface area (Å²) in [5.41, 5.74) is 2.13. The summed E-state index contributed by atoms with van der Waals surface area (Å²) in [5.74, 6) is 0.143. The number of fused-ring (bicyclic) bond motifs is 1. The minimum Gasteiger partial charge on any atom is -0.368 e. The molecular formula is C16H19N3O2S. The first-order valence-corrected chi connectivity index (χ1v) is 8.70. The van der Waals surface area contributed by atoms with Gasteiger partial charge in [0.25, 0.3) is 5.91 Å². The number of rotatable bonds is 2. The molecule has 1 amide bonds. The summed E-state index contributed by atoms with van der Waals surface area (Å²) in [6, 6.07) is 6.24. The normalized spacial score (nSPS) is 21.6. The Balaban J connectivity index is 1.56. The fourth-order valence-electron chi connectivity index (χ4n) is 3.17. The predicted octanol–water partition coefficient (Wildman–Crippen LogP) is 2.52. The zero-order valence-corrected chi connectivity index (χ0v) is 13.2. The van der Waals surface area contributed by atoms with Crippen LogP contribution in [0, 0.1) is 0 Å². The van der Waals surface area contributed by atoms with Crippen LogP contribution >= 0.6 is 11.3 Å². The van der Waals surface area contributed by atoms with Crippen molar-refractivity contribution in [1.29, 1.82) is 0 Å². The van der Waals surface area contributed by atoms with Crippen molar-refractivity contribution in [3.63, 3.8) is 0 Å². The lowest BCUT2D eigenvalue weighted by Gasteiger charge is -2.23. The van der Waals surface area contributed by atoms with Crippen LogP contribution in [0.3, 0.4) is 0 Å². The molecule has 2 aromatic rings. The zero-order chi connectivity index (χ0) is 14.9. The van der Waals surface area contributed by atoms with E-state index in [1.54, 1.807) is 11.3 Å². The number of hydrogen-bond acceptors (Lipinski definition) is 4. The lowest BCUT2D eigenvalue weighted by Crippen LogP contribution is -2.38. The van der Waals surface area contributed by atoms with Crippen LogP contribution in [0.15, 0.2) is 23.6 Å². The number of aromatic nitrogens is 2. The van der Waals surface area contributed by atoms with E-state index in [9.17, 15) is 4.79 Å². The molecule has 6 heteroatoms. The molecule has 0 saturated carbocycles. The molecule has 2 aromatic heterocycles. The van der Waals surface area contributed by atoms with Crippen molar-refractivity contribution in [3.05, 3.63) is 29.3 Å². The van der Waals surface area contributed by atoms with Gasteiger partial charge in [-0.3, -0.25) is 9.48 Å². The molecule has 0 radical (unpaired) electrons. The van der Waals surface area contributed by atoms with Crippen molar-refractivity contribution in [2.24, 2.45) is 0 Å². The summed E-state index contributed by atoms with van der Waals surface area (Å²) in [7, 11) is 0. The zero-order valence-electron chi connectivity index (χ0n) is 12.4. The Bertz CT molecular complexity index is 659. The number of hydrogen-bond donors (Lipinski definition) is 0. The van der Waals surface area contributed by atoms with E-state index in [1.165, 1.54) is 4.88 Å². The summed E-state index contributed by atoms with van der Waals surface area (Å²) < 4.78 is 7.60. The molecule has 116 valence electrons. The van der Waals surface area contributed by atoms with E-state index < -0.39 is 0 Å². The molecular weight excluding hydrogens is 298 g/mol. The van der Waals surface area contributed by atoms with Crippen molar-refractivity contribution in [2.75, 3.05) is 13.2 Å². The lowest BCUT2D eigenvalue weighted by atomic mass is 10.2. The Kier molecular flexibility index (Phi) is 3.72. The van der Waals surface area contributed by atoms with Gasteiger partial charge in [0.05, 0.1) is 17.1 Å². The van der Waals surface area contributed by atoms with Gasteiger partial charge in [0.15, 0.2) is 0 Å². The average molecular weight is 317 g/mol. The maximum atomic E-state index is 12.6. The highest BCUT2D eigenvalue weighted by atomic mass is 32.1. The molecule has 1 saturated heterocycles. The quantitative estimate of drug-likeness (QED) is 0.855. The van der Waals surface area contributed by atoms with Gasteiger partial charge in [-0.2, -0.15) is 5.10 Å². The molecule has 1 atom stereocenters. The predicted molar refractivity (Wildman–Crippen MR) is 84.5 cm³/mol. The van der Waals surface area contributed by atoms with E-state index in [-0.39, 0.29) is 12.0 Å². The number of amides is 1. The van der Waals surface area contributed by atoms with E-state index >= 15 is 0 Å². The third-order valence-corrected chi connectivity index (χ3v) is 5.20. The Labute approximate surface area is 133 Å². The van der Waals surface area contributed by atoms with E-state index in [4.69, 9.17) is 9.84 Å². The minimum atomic E-state index is -0.230. The van der Waals surface area contributed by atoms with Crippen LogP contribution in [0.1, 0.15) is 25.0 Å². The summed E-state index contributed by atoms with van der Waals surface area (Å²) >= 11 is 1.70. The van der Waals surface area contributed by atoms with Gasteiger partial charge in [-0.05, 0) is 36.8 Å². The summed E-state index contributed by atoms with van der Waals surface area (Å²) in [4.78, 5) is 15.7. The maximum absolute atomic E-state index is 12.6. The van der Waals surface area contributed by atoms with Gasteiger partial charge in [0, 0.05) is 19.7 Å². The van der Waals surface area contributed by atoms with Crippen molar-refractivity contribution in [3.8, 4) is 10.6 Å². The van der Waals surface area contributed by atoms with E-state index in [0.29, 0.717) is 13.2 Å². The maximum Gasteiger partial charge on any atom is 0.252 e. The van der Waals surface area contributed by atoms with E-state index in [0.717, 1.165) is 43.7 Å².